The molecule has 4 nitrogen and oxygen atoms in total. The molecule has 0 N–H and O–H groups in total. The molecule has 0 unspecified atom stereocenters. The third-order valence-electron chi connectivity index (χ3n) is 5.54. The first-order valence-electron chi connectivity index (χ1n) is 11.2. The molecule has 5 heteroatoms. The summed E-state index contributed by atoms with van der Waals surface area (Å²) in [6, 6.07) is 36.0. The quantitative estimate of drug-likeness (QED) is 0.261. The van der Waals surface area contributed by atoms with Gasteiger partial charge in [-0.25, -0.2) is 4.98 Å². The first-order valence-corrected chi connectivity index (χ1v) is 12.0. The summed E-state index contributed by atoms with van der Waals surface area (Å²) in [5, 5.41) is 0.973. The largest absolute Gasteiger partial charge is 0.484 e. The van der Waals surface area contributed by atoms with Gasteiger partial charge in [0.2, 0.25) is 0 Å². The molecule has 0 spiro atoms. The number of aromatic nitrogens is 1. The van der Waals surface area contributed by atoms with E-state index in [9.17, 15) is 4.79 Å². The van der Waals surface area contributed by atoms with Crippen LogP contribution in [0.4, 0.5) is 0 Å². The second-order valence-electron chi connectivity index (χ2n) is 8.02. The molecule has 5 aromatic rings. The zero-order chi connectivity index (χ0) is 23.2. The van der Waals surface area contributed by atoms with Crippen LogP contribution in [0.25, 0.3) is 20.8 Å². The standard InChI is InChI=1S/C29H24N2O2S/c32-28(31(19-22-9-3-1-4-10-22)20-23-11-5-2-6-12-23)21-33-25-17-15-24(16-18-25)29-30-26-13-7-8-14-27(26)34-29/h1-18H,19-21H2. The van der Waals surface area contributed by atoms with Gasteiger partial charge in [-0.2, -0.15) is 0 Å². The van der Waals surface area contributed by atoms with E-state index in [0.717, 1.165) is 27.2 Å². The number of ether oxygens (including phenoxy) is 1. The third kappa shape index (κ3) is 5.33. The van der Waals surface area contributed by atoms with Crippen molar-refractivity contribution in [1.82, 2.24) is 9.88 Å². The molecule has 1 heterocycles. The Labute approximate surface area is 203 Å². The molecule has 1 aromatic heterocycles. The van der Waals surface area contributed by atoms with Gasteiger partial charge in [0.05, 0.1) is 10.2 Å². The highest BCUT2D eigenvalue weighted by molar-refractivity contribution is 7.21. The predicted octanol–water partition coefficient (Wildman–Crippen LogP) is 6.57. The van der Waals surface area contributed by atoms with Gasteiger partial charge in [0.25, 0.3) is 5.91 Å². The van der Waals surface area contributed by atoms with Gasteiger partial charge in [-0.1, -0.05) is 72.8 Å². The molecule has 168 valence electrons. The average molecular weight is 465 g/mol. The fraction of sp³-hybridized carbons (Fsp3) is 0.103. The van der Waals surface area contributed by atoms with Gasteiger partial charge in [-0.15, -0.1) is 11.3 Å². The van der Waals surface area contributed by atoms with E-state index >= 15 is 0 Å². The van der Waals surface area contributed by atoms with Gasteiger partial charge in [-0.3, -0.25) is 4.79 Å². The highest BCUT2D eigenvalue weighted by Gasteiger charge is 2.16. The highest BCUT2D eigenvalue weighted by atomic mass is 32.1. The molecule has 0 saturated carbocycles. The van der Waals surface area contributed by atoms with Gasteiger partial charge in [0.1, 0.15) is 10.8 Å². The minimum absolute atomic E-state index is 0.0137. The molecular formula is C29H24N2O2S. The number of carbonyl (C=O) groups is 1. The maximum absolute atomic E-state index is 13.1. The SMILES string of the molecule is O=C(COc1ccc(-c2nc3ccccc3s2)cc1)N(Cc1ccccc1)Cc1ccccc1. The molecule has 0 aliphatic rings. The number of thiazole rings is 1. The lowest BCUT2D eigenvalue weighted by molar-refractivity contribution is -0.134. The Bertz CT molecular complexity index is 1290. The van der Waals surface area contributed by atoms with Crippen LogP contribution in [0.1, 0.15) is 11.1 Å². The molecule has 1 amide bonds. The normalized spacial score (nSPS) is 10.8. The average Bonchev–Trinajstić information content (AvgIpc) is 3.33. The predicted molar refractivity (Wildman–Crippen MR) is 138 cm³/mol. The number of hydrogen-bond acceptors (Lipinski definition) is 4. The lowest BCUT2D eigenvalue weighted by Gasteiger charge is -2.23. The van der Waals surface area contributed by atoms with E-state index in [0.29, 0.717) is 18.8 Å². The number of hydrogen-bond donors (Lipinski definition) is 0. The number of rotatable bonds is 8. The zero-order valence-corrected chi connectivity index (χ0v) is 19.4. The maximum atomic E-state index is 13.1. The van der Waals surface area contributed by atoms with Crippen LogP contribution < -0.4 is 4.74 Å². The summed E-state index contributed by atoms with van der Waals surface area (Å²) in [6.45, 7) is 1.06. The van der Waals surface area contributed by atoms with Crippen LogP contribution in [-0.2, 0) is 17.9 Å². The number of para-hydroxylation sites is 1. The molecule has 34 heavy (non-hydrogen) atoms. The fourth-order valence-electron chi connectivity index (χ4n) is 3.77. The number of carbonyl (C=O) groups excluding carboxylic acids is 1. The van der Waals surface area contributed by atoms with Crippen molar-refractivity contribution in [2.24, 2.45) is 0 Å². The smallest absolute Gasteiger partial charge is 0.261 e. The Morgan fingerprint density at radius 1 is 0.735 bits per heavy atom. The third-order valence-corrected chi connectivity index (χ3v) is 6.63. The molecule has 0 aliphatic heterocycles. The van der Waals surface area contributed by atoms with E-state index in [4.69, 9.17) is 9.72 Å². The summed E-state index contributed by atoms with van der Waals surface area (Å²) in [4.78, 5) is 19.6. The van der Waals surface area contributed by atoms with E-state index in [1.54, 1.807) is 11.3 Å². The monoisotopic (exact) mass is 464 g/mol. The Balaban J connectivity index is 1.25. The summed E-state index contributed by atoms with van der Waals surface area (Å²) >= 11 is 1.67. The Morgan fingerprint density at radius 2 is 1.32 bits per heavy atom. The summed E-state index contributed by atoms with van der Waals surface area (Å²) < 4.78 is 7.03. The van der Waals surface area contributed by atoms with Crippen LogP contribution in [0.5, 0.6) is 5.75 Å². The van der Waals surface area contributed by atoms with Crippen molar-refractivity contribution < 1.29 is 9.53 Å². The van der Waals surface area contributed by atoms with E-state index in [1.165, 1.54) is 4.70 Å². The van der Waals surface area contributed by atoms with Crippen molar-refractivity contribution in [2.75, 3.05) is 6.61 Å². The maximum Gasteiger partial charge on any atom is 0.261 e. The number of benzene rings is 4. The summed E-state index contributed by atoms with van der Waals surface area (Å²) in [6.07, 6.45) is 0. The highest BCUT2D eigenvalue weighted by Crippen LogP contribution is 2.30. The first-order chi connectivity index (χ1) is 16.7. The molecule has 0 saturated heterocycles. The Morgan fingerprint density at radius 3 is 1.94 bits per heavy atom. The minimum Gasteiger partial charge on any atom is -0.484 e. The first kappa shape index (κ1) is 21.9. The van der Waals surface area contributed by atoms with Crippen molar-refractivity contribution in [2.45, 2.75) is 13.1 Å². The fourth-order valence-corrected chi connectivity index (χ4v) is 4.74. The van der Waals surface area contributed by atoms with Gasteiger partial charge < -0.3 is 9.64 Å². The van der Waals surface area contributed by atoms with Crippen LogP contribution in [0.15, 0.2) is 109 Å². The topological polar surface area (TPSA) is 42.4 Å². The Hall–Kier alpha value is -3.96. The van der Waals surface area contributed by atoms with Crippen LogP contribution in [-0.4, -0.2) is 22.4 Å². The van der Waals surface area contributed by atoms with Crippen LogP contribution in [0, 0.1) is 0 Å². The molecule has 0 aliphatic carbocycles. The molecule has 4 aromatic carbocycles. The number of amides is 1. The lowest BCUT2D eigenvalue weighted by atomic mass is 10.1. The van der Waals surface area contributed by atoms with Crippen LogP contribution in [0.2, 0.25) is 0 Å². The summed E-state index contributed by atoms with van der Waals surface area (Å²) in [7, 11) is 0. The number of nitrogens with zero attached hydrogens (tertiary/aromatic N) is 2. The molecule has 0 radical (unpaired) electrons. The van der Waals surface area contributed by atoms with Crippen molar-refractivity contribution in [3.8, 4) is 16.3 Å². The van der Waals surface area contributed by atoms with E-state index in [2.05, 4.69) is 6.07 Å². The van der Waals surface area contributed by atoms with E-state index < -0.39 is 0 Å². The summed E-state index contributed by atoms with van der Waals surface area (Å²) in [5.41, 5.74) is 4.22. The molecule has 0 atom stereocenters. The summed E-state index contributed by atoms with van der Waals surface area (Å²) in [5.74, 6) is 0.612. The van der Waals surface area contributed by atoms with Crippen LogP contribution >= 0.6 is 11.3 Å². The van der Waals surface area contributed by atoms with Crippen molar-refractivity contribution in [3.63, 3.8) is 0 Å². The van der Waals surface area contributed by atoms with Crippen molar-refractivity contribution >= 4 is 27.5 Å². The van der Waals surface area contributed by atoms with Gasteiger partial charge in [0, 0.05) is 18.7 Å². The number of fused-ring (bicyclic) bond motifs is 1. The molecule has 0 fully saturated rings. The van der Waals surface area contributed by atoms with E-state index in [1.807, 2.05) is 108 Å². The molecule has 0 bridgehead atoms. The van der Waals surface area contributed by atoms with Gasteiger partial charge in [0.15, 0.2) is 6.61 Å². The van der Waals surface area contributed by atoms with Gasteiger partial charge >= 0.3 is 0 Å². The molecule has 5 rings (SSSR count). The van der Waals surface area contributed by atoms with Crippen molar-refractivity contribution in [1.29, 1.82) is 0 Å². The van der Waals surface area contributed by atoms with E-state index in [-0.39, 0.29) is 12.5 Å². The van der Waals surface area contributed by atoms with Crippen LogP contribution in [0.3, 0.4) is 0 Å². The van der Waals surface area contributed by atoms with Crippen molar-refractivity contribution in [3.05, 3.63) is 120 Å². The van der Waals surface area contributed by atoms with Gasteiger partial charge in [-0.05, 0) is 47.5 Å². The lowest BCUT2D eigenvalue weighted by Crippen LogP contribution is -2.34. The zero-order valence-electron chi connectivity index (χ0n) is 18.6. The second kappa shape index (κ2) is 10.3. The second-order valence-corrected chi connectivity index (χ2v) is 9.05. The Kier molecular flexibility index (Phi) is 6.64. The minimum atomic E-state index is -0.0528. The molecular weight excluding hydrogens is 440 g/mol.